The third-order valence-electron chi connectivity index (χ3n) is 4.89. The molecule has 5 nitrogen and oxygen atoms in total. The average Bonchev–Trinajstić information content (AvgIpc) is 3.43. The van der Waals surface area contributed by atoms with Crippen molar-refractivity contribution in [2.24, 2.45) is 5.92 Å². The molecule has 0 aliphatic heterocycles. The predicted octanol–water partition coefficient (Wildman–Crippen LogP) is 6.72. The zero-order valence-corrected chi connectivity index (χ0v) is 20.5. The summed E-state index contributed by atoms with van der Waals surface area (Å²) in [5, 5.41) is 13.0. The molecular weight excluding hydrogens is 436 g/mol. The smallest absolute Gasteiger partial charge is 0.191 e. The minimum absolute atomic E-state index is 0.503. The van der Waals surface area contributed by atoms with E-state index in [1.807, 2.05) is 12.1 Å². The molecule has 0 radical (unpaired) electrons. The van der Waals surface area contributed by atoms with Crippen LogP contribution in [0, 0.1) is 12.8 Å². The molecule has 0 bridgehead atoms. The second kappa shape index (κ2) is 10.3. The summed E-state index contributed by atoms with van der Waals surface area (Å²) in [6.45, 7) is 10.0. The lowest BCUT2D eigenvalue weighted by Crippen LogP contribution is -2.04. The second-order valence-corrected chi connectivity index (χ2v) is 9.88. The molecule has 0 N–H and O–H groups in total. The molecule has 7 heteroatoms. The second-order valence-electron chi connectivity index (χ2n) is 8.08. The quantitative estimate of drug-likeness (QED) is 0.257. The summed E-state index contributed by atoms with van der Waals surface area (Å²) in [4.78, 5) is 4.82. The lowest BCUT2D eigenvalue weighted by Gasteiger charge is -2.10. The van der Waals surface area contributed by atoms with Gasteiger partial charge in [-0.15, -0.1) is 21.5 Å². The first-order valence-corrected chi connectivity index (χ1v) is 12.7. The number of thiazole rings is 1. The van der Waals surface area contributed by atoms with Gasteiger partial charge in [-0.2, -0.15) is 0 Å². The van der Waals surface area contributed by atoms with E-state index in [1.54, 1.807) is 23.1 Å². The van der Waals surface area contributed by atoms with Crippen LogP contribution in [0.15, 0.2) is 59.1 Å². The van der Waals surface area contributed by atoms with Crippen molar-refractivity contribution >= 4 is 23.1 Å². The Bertz CT molecular complexity index is 1160. The number of nitrogens with zero attached hydrogens (tertiary/aromatic N) is 4. The van der Waals surface area contributed by atoms with Crippen LogP contribution >= 0.6 is 23.1 Å². The number of rotatable bonds is 9. The van der Waals surface area contributed by atoms with Gasteiger partial charge in [0.25, 0.3) is 0 Å². The SMILES string of the molecule is CCn1c(SCc2csc(-c3cccc(C)c3)n2)nnc1-c1ccc(OCC(C)C)cc1. The molecule has 2 heterocycles. The van der Waals surface area contributed by atoms with Crippen molar-refractivity contribution in [1.29, 1.82) is 0 Å². The summed E-state index contributed by atoms with van der Waals surface area (Å²) in [5.74, 6) is 3.03. The third kappa shape index (κ3) is 5.40. The highest BCUT2D eigenvalue weighted by molar-refractivity contribution is 7.98. The van der Waals surface area contributed by atoms with Crippen LogP contribution in [0.25, 0.3) is 22.0 Å². The van der Waals surface area contributed by atoms with Gasteiger partial charge in [-0.1, -0.05) is 49.4 Å². The van der Waals surface area contributed by atoms with Crippen molar-refractivity contribution in [3.05, 3.63) is 65.2 Å². The highest BCUT2D eigenvalue weighted by Gasteiger charge is 2.14. The van der Waals surface area contributed by atoms with E-state index in [0.717, 1.165) is 45.3 Å². The third-order valence-corrected chi connectivity index (χ3v) is 6.84. The van der Waals surface area contributed by atoms with E-state index in [0.29, 0.717) is 12.5 Å². The Labute approximate surface area is 197 Å². The number of benzene rings is 2. The molecule has 0 saturated heterocycles. The van der Waals surface area contributed by atoms with Crippen LogP contribution < -0.4 is 4.74 Å². The number of aryl methyl sites for hydroxylation is 1. The standard InChI is InChI=1S/C25H28N4OS2/c1-5-29-23(19-9-11-22(12-10-19)30-14-17(2)3)27-28-25(29)32-16-21-15-31-24(26-21)20-8-6-7-18(4)13-20/h6-13,15,17H,5,14,16H2,1-4H3. The maximum absolute atomic E-state index is 5.80. The molecule has 4 aromatic rings. The molecule has 0 spiro atoms. The first kappa shape index (κ1) is 22.6. The lowest BCUT2D eigenvalue weighted by atomic mass is 10.1. The molecule has 0 aliphatic rings. The fourth-order valence-corrected chi connectivity index (χ4v) is 5.10. The van der Waals surface area contributed by atoms with Crippen LogP contribution in [0.5, 0.6) is 5.75 Å². The van der Waals surface area contributed by atoms with Gasteiger partial charge in [0.2, 0.25) is 0 Å². The zero-order chi connectivity index (χ0) is 22.5. The summed E-state index contributed by atoms with van der Waals surface area (Å²) in [7, 11) is 0. The summed E-state index contributed by atoms with van der Waals surface area (Å²) >= 11 is 3.36. The number of hydrogen-bond donors (Lipinski definition) is 0. The first-order valence-electron chi connectivity index (χ1n) is 10.8. The number of hydrogen-bond acceptors (Lipinski definition) is 6. The molecule has 166 valence electrons. The van der Waals surface area contributed by atoms with E-state index in [2.05, 4.69) is 84.2 Å². The molecule has 0 unspecified atom stereocenters. The summed E-state index contributed by atoms with van der Waals surface area (Å²) in [5.41, 5.74) is 4.52. The van der Waals surface area contributed by atoms with Crippen molar-refractivity contribution in [3.8, 4) is 27.7 Å². The van der Waals surface area contributed by atoms with Crippen LogP contribution in [0.3, 0.4) is 0 Å². The van der Waals surface area contributed by atoms with Crippen LogP contribution in [0.2, 0.25) is 0 Å². The lowest BCUT2D eigenvalue weighted by molar-refractivity contribution is 0.271. The van der Waals surface area contributed by atoms with Crippen molar-refractivity contribution in [1.82, 2.24) is 19.7 Å². The molecule has 0 fully saturated rings. The van der Waals surface area contributed by atoms with Gasteiger partial charge in [-0.3, -0.25) is 0 Å². The summed E-state index contributed by atoms with van der Waals surface area (Å²) in [6.07, 6.45) is 0. The Morgan fingerprint density at radius 2 is 1.88 bits per heavy atom. The van der Waals surface area contributed by atoms with Gasteiger partial charge in [0.1, 0.15) is 10.8 Å². The molecule has 0 saturated carbocycles. The molecule has 2 aromatic heterocycles. The van der Waals surface area contributed by atoms with Gasteiger partial charge in [0.05, 0.1) is 12.3 Å². The van der Waals surface area contributed by atoms with Crippen molar-refractivity contribution in [3.63, 3.8) is 0 Å². The minimum Gasteiger partial charge on any atom is -0.493 e. The first-order chi connectivity index (χ1) is 15.5. The monoisotopic (exact) mass is 464 g/mol. The number of aromatic nitrogens is 4. The van der Waals surface area contributed by atoms with Crippen LogP contribution in [-0.2, 0) is 12.3 Å². The Kier molecular flexibility index (Phi) is 7.27. The van der Waals surface area contributed by atoms with E-state index in [-0.39, 0.29) is 0 Å². The molecule has 2 aromatic carbocycles. The van der Waals surface area contributed by atoms with E-state index in [9.17, 15) is 0 Å². The van der Waals surface area contributed by atoms with Gasteiger partial charge >= 0.3 is 0 Å². The minimum atomic E-state index is 0.503. The van der Waals surface area contributed by atoms with Crippen LogP contribution in [0.4, 0.5) is 0 Å². The molecule has 4 rings (SSSR count). The predicted molar refractivity (Wildman–Crippen MR) is 133 cm³/mol. The summed E-state index contributed by atoms with van der Waals surface area (Å²) in [6, 6.07) is 16.6. The fourth-order valence-electron chi connectivity index (χ4n) is 3.28. The van der Waals surface area contributed by atoms with Gasteiger partial charge in [-0.05, 0) is 50.1 Å². The molecule has 32 heavy (non-hydrogen) atoms. The zero-order valence-electron chi connectivity index (χ0n) is 18.9. The summed E-state index contributed by atoms with van der Waals surface area (Å²) < 4.78 is 7.95. The van der Waals surface area contributed by atoms with Crippen molar-refractivity contribution in [2.75, 3.05) is 6.61 Å². The fraction of sp³-hybridized carbons (Fsp3) is 0.320. The van der Waals surface area contributed by atoms with Crippen molar-refractivity contribution < 1.29 is 4.74 Å². The Morgan fingerprint density at radius 1 is 1.06 bits per heavy atom. The Morgan fingerprint density at radius 3 is 2.59 bits per heavy atom. The van der Waals surface area contributed by atoms with Gasteiger partial charge in [0.15, 0.2) is 11.0 Å². The molecule has 0 atom stereocenters. The average molecular weight is 465 g/mol. The van der Waals surface area contributed by atoms with Gasteiger partial charge in [0, 0.05) is 28.8 Å². The maximum Gasteiger partial charge on any atom is 0.191 e. The van der Waals surface area contributed by atoms with Crippen LogP contribution in [-0.4, -0.2) is 26.4 Å². The highest BCUT2D eigenvalue weighted by atomic mass is 32.2. The Balaban J connectivity index is 1.45. The number of ether oxygens (including phenoxy) is 1. The van der Waals surface area contributed by atoms with Gasteiger partial charge in [-0.25, -0.2) is 4.98 Å². The molecular formula is C25H28N4OS2. The van der Waals surface area contributed by atoms with E-state index >= 15 is 0 Å². The topological polar surface area (TPSA) is 52.8 Å². The number of thioether (sulfide) groups is 1. The van der Waals surface area contributed by atoms with Gasteiger partial charge < -0.3 is 9.30 Å². The van der Waals surface area contributed by atoms with E-state index in [1.165, 1.54) is 11.1 Å². The maximum atomic E-state index is 5.80. The van der Waals surface area contributed by atoms with E-state index in [4.69, 9.17) is 9.72 Å². The van der Waals surface area contributed by atoms with E-state index < -0.39 is 0 Å². The molecule has 0 aliphatic carbocycles. The molecule has 0 amide bonds. The highest BCUT2D eigenvalue weighted by Crippen LogP contribution is 2.30. The van der Waals surface area contributed by atoms with Crippen molar-refractivity contribution in [2.45, 2.75) is 45.1 Å². The Hall–Kier alpha value is -2.64. The van der Waals surface area contributed by atoms with Crippen LogP contribution in [0.1, 0.15) is 32.0 Å². The normalized spacial score (nSPS) is 11.3. The largest absolute Gasteiger partial charge is 0.493 e.